The Morgan fingerprint density at radius 3 is 2.94 bits per heavy atom. The number of hydrogen-bond donors (Lipinski definition) is 1. The molecule has 2 heterocycles. The molecule has 0 atom stereocenters. The largest absolute Gasteiger partial charge is 0.476 e. The fraction of sp³-hybridized carbons (Fsp3) is 0.0909. The van der Waals surface area contributed by atoms with Crippen molar-refractivity contribution in [2.75, 3.05) is 0 Å². The highest BCUT2D eigenvalue weighted by molar-refractivity contribution is 7.12. The molecule has 0 aliphatic rings. The second kappa shape index (κ2) is 3.88. The third kappa shape index (κ3) is 1.65. The molecule has 0 spiro atoms. The van der Waals surface area contributed by atoms with Gasteiger partial charge in [-0.25, -0.2) is 4.79 Å². The molecule has 0 aliphatic heterocycles. The first-order valence-corrected chi connectivity index (χ1v) is 5.92. The molecule has 0 aliphatic carbocycles. The van der Waals surface area contributed by atoms with Crippen LogP contribution < -0.4 is 0 Å². The lowest BCUT2D eigenvalue weighted by Crippen LogP contribution is -1.99. The van der Waals surface area contributed by atoms with Crippen molar-refractivity contribution < 1.29 is 9.90 Å². The van der Waals surface area contributed by atoms with Gasteiger partial charge in [0.2, 0.25) is 0 Å². The van der Waals surface area contributed by atoms with Crippen LogP contribution in [-0.4, -0.2) is 30.4 Å². The summed E-state index contributed by atoms with van der Waals surface area (Å²) in [5, 5.41) is 16.8. The van der Waals surface area contributed by atoms with Gasteiger partial charge in [-0.3, -0.25) is 4.68 Å². The summed E-state index contributed by atoms with van der Waals surface area (Å²) >= 11 is 1.33. The van der Waals surface area contributed by atoms with E-state index < -0.39 is 5.97 Å². The minimum atomic E-state index is -1.03. The number of aromatic carboxylic acids is 1. The first kappa shape index (κ1) is 10.8. The summed E-state index contributed by atoms with van der Waals surface area (Å²) in [6.07, 6.45) is 0. The Kier molecular flexibility index (Phi) is 2.34. The Balaban J connectivity index is 2.15. The third-order valence-corrected chi connectivity index (χ3v) is 3.35. The quantitative estimate of drug-likeness (QED) is 0.759. The molecule has 0 saturated heterocycles. The fourth-order valence-corrected chi connectivity index (χ4v) is 2.32. The molecule has 0 radical (unpaired) electrons. The Morgan fingerprint density at radius 2 is 2.22 bits per heavy atom. The molecule has 6 nitrogen and oxygen atoms in total. The van der Waals surface area contributed by atoms with Gasteiger partial charge in [0.05, 0.1) is 10.4 Å². The van der Waals surface area contributed by atoms with Gasteiger partial charge < -0.3 is 5.11 Å². The summed E-state index contributed by atoms with van der Waals surface area (Å²) in [6, 6.07) is 7.25. The number of hydrogen-bond acceptors (Lipinski definition) is 5. The van der Waals surface area contributed by atoms with Crippen LogP contribution in [0.15, 0.2) is 24.3 Å². The number of carboxylic acid groups (broad SMARTS) is 1. The van der Waals surface area contributed by atoms with Crippen molar-refractivity contribution in [2.24, 2.45) is 7.05 Å². The first-order chi connectivity index (χ1) is 8.65. The van der Waals surface area contributed by atoms with Crippen LogP contribution in [0.5, 0.6) is 0 Å². The van der Waals surface area contributed by atoms with Crippen molar-refractivity contribution in [2.45, 2.75) is 0 Å². The second-order valence-corrected chi connectivity index (χ2v) is 4.58. The van der Waals surface area contributed by atoms with E-state index in [4.69, 9.17) is 5.11 Å². The van der Waals surface area contributed by atoms with Gasteiger partial charge in [0.15, 0.2) is 5.69 Å². The number of carbonyl (C=O) groups is 1. The predicted octanol–water partition coefficient (Wildman–Crippen LogP) is 1.79. The highest BCUT2D eigenvalue weighted by atomic mass is 32.1. The number of fused-ring (bicyclic) bond motifs is 1. The molecule has 0 bridgehead atoms. The molecule has 1 N–H and O–H groups in total. The van der Waals surface area contributed by atoms with Crippen LogP contribution in [0.4, 0.5) is 0 Å². The van der Waals surface area contributed by atoms with E-state index in [9.17, 15) is 4.79 Å². The summed E-state index contributed by atoms with van der Waals surface area (Å²) in [7, 11) is 1.71. The number of carboxylic acids is 1. The Bertz CT molecular complexity index is 746. The summed E-state index contributed by atoms with van der Waals surface area (Å²) in [4.78, 5) is 10.9. The smallest absolute Gasteiger partial charge is 0.356 e. The predicted molar refractivity (Wildman–Crippen MR) is 66.6 cm³/mol. The van der Waals surface area contributed by atoms with Crippen molar-refractivity contribution in [3.05, 3.63) is 30.0 Å². The zero-order valence-corrected chi connectivity index (χ0v) is 10.2. The van der Waals surface area contributed by atoms with Gasteiger partial charge >= 0.3 is 5.97 Å². The third-order valence-electron chi connectivity index (χ3n) is 2.64. The molecule has 0 saturated carbocycles. The topological polar surface area (TPSA) is 80.9 Å². The van der Waals surface area contributed by atoms with Crippen LogP contribution in [0, 0.1) is 0 Å². The number of nitrogens with zero attached hydrogens (tertiary/aromatic N) is 4. The van der Waals surface area contributed by atoms with E-state index >= 15 is 0 Å². The molecule has 7 heteroatoms. The first-order valence-electron chi connectivity index (χ1n) is 5.15. The van der Waals surface area contributed by atoms with Crippen LogP contribution in [0.25, 0.3) is 21.5 Å². The fourth-order valence-electron chi connectivity index (χ4n) is 1.78. The van der Waals surface area contributed by atoms with E-state index in [1.807, 2.05) is 18.2 Å². The average molecular weight is 260 g/mol. The summed E-state index contributed by atoms with van der Waals surface area (Å²) in [5.41, 5.74) is 2.44. The van der Waals surface area contributed by atoms with Crippen molar-refractivity contribution >= 4 is 27.7 Å². The average Bonchev–Trinajstić information content (AvgIpc) is 2.93. The van der Waals surface area contributed by atoms with Crippen LogP contribution in [0.1, 0.15) is 10.5 Å². The number of aryl methyl sites for hydroxylation is 1. The molecule has 0 unspecified atom stereocenters. The zero-order valence-electron chi connectivity index (χ0n) is 9.36. The number of benzene rings is 1. The lowest BCUT2D eigenvalue weighted by Gasteiger charge is -2.00. The lowest BCUT2D eigenvalue weighted by atomic mass is 10.1. The van der Waals surface area contributed by atoms with Crippen LogP contribution in [0.3, 0.4) is 0 Å². The highest BCUT2D eigenvalue weighted by Crippen LogP contribution is 2.25. The minimum absolute atomic E-state index is 0.0315. The Hall–Kier alpha value is -2.28. The van der Waals surface area contributed by atoms with Gasteiger partial charge in [0.1, 0.15) is 5.52 Å². The molecule has 0 amide bonds. The van der Waals surface area contributed by atoms with Gasteiger partial charge in [-0.15, -0.1) is 5.10 Å². The van der Waals surface area contributed by atoms with Crippen molar-refractivity contribution in [3.63, 3.8) is 0 Å². The van der Waals surface area contributed by atoms with Gasteiger partial charge in [0.25, 0.3) is 0 Å². The standard InChI is InChI=1S/C11H8N4O2S/c1-15-9(5-8(13-15)11(16)17)6-2-3-10-7(4-6)12-14-18-10/h2-5H,1H3,(H,16,17). The summed E-state index contributed by atoms with van der Waals surface area (Å²) in [5.74, 6) is -1.03. The van der Waals surface area contributed by atoms with E-state index in [0.717, 1.165) is 21.5 Å². The molecular formula is C11H8N4O2S. The Labute approximate surface area is 106 Å². The van der Waals surface area contributed by atoms with E-state index in [0.29, 0.717) is 0 Å². The van der Waals surface area contributed by atoms with E-state index in [1.54, 1.807) is 17.8 Å². The molecular weight excluding hydrogens is 252 g/mol. The monoisotopic (exact) mass is 260 g/mol. The molecule has 1 aromatic carbocycles. The molecule has 3 aromatic rings. The molecule has 2 aromatic heterocycles. The van der Waals surface area contributed by atoms with Crippen LogP contribution >= 0.6 is 11.5 Å². The maximum absolute atomic E-state index is 10.9. The summed E-state index contributed by atoms with van der Waals surface area (Å²) < 4.78 is 6.41. The van der Waals surface area contributed by atoms with E-state index in [1.165, 1.54) is 11.5 Å². The second-order valence-electron chi connectivity index (χ2n) is 3.80. The van der Waals surface area contributed by atoms with Gasteiger partial charge in [-0.2, -0.15) is 5.10 Å². The maximum atomic E-state index is 10.9. The van der Waals surface area contributed by atoms with Crippen molar-refractivity contribution in [1.82, 2.24) is 19.4 Å². The number of rotatable bonds is 2. The van der Waals surface area contributed by atoms with Crippen LogP contribution in [-0.2, 0) is 7.05 Å². The van der Waals surface area contributed by atoms with Crippen molar-refractivity contribution in [1.29, 1.82) is 0 Å². The lowest BCUT2D eigenvalue weighted by molar-refractivity contribution is 0.0689. The molecule has 3 rings (SSSR count). The summed E-state index contributed by atoms with van der Waals surface area (Å²) in [6.45, 7) is 0. The van der Waals surface area contributed by atoms with E-state index in [2.05, 4.69) is 14.7 Å². The van der Waals surface area contributed by atoms with Crippen LogP contribution in [0.2, 0.25) is 0 Å². The van der Waals surface area contributed by atoms with Gasteiger partial charge in [-0.1, -0.05) is 10.6 Å². The van der Waals surface area contributed by atoms with Gasteiger partial charge in [-0.05, 0) is 29.7 Å². The molecule has 0 fully saturated rings. The minimum Gasteiger partial charge on any atom is -0.476 e. The van der Waals surface area contributed by atoms with Crippen molar-refractivity contribution in [3.8, 4) is 11.3 Å². The zero-order chi connectivity index (χ0) is 12.7. The molecule has 90 valence electrons. The Morgan fingerprint density at radius 1 is 1.39 bits per heavy atom. The SMILES string of the molecule is Cn1nc(C(=O)O)cc1-c1ccc2snnc2c1. The number of aromatic nitrogens is 4. The van der Waals surface area contributed by atoms with E-state index in [-0.39, 0.29) is 5.69 Å². The normalized spacial score (nSPS) is 10.9. The maximum Gasteiger partial charge on any atom is 0.356 e. The molecule has 18 heavy (non-hydrogen) atoms. The van der Waals surface area contributed by atoms with Gasteiger partial charge in [0, 0.05) is 12.6 Å². The highest BCUT2D eigenvalue weighted by Gasteiger charge is 2.13.